The number of likely N-dealkylation sites (tertiary alicyclic amines) is 1. The van der Waals surface area contributed by atoms with Crippen molar-refractivity contribution in [3.63, 3.8) is 0 Å². The Balaban J connectivity index is 1.56. The van der Waals surface area contributed by atoms with Gasteiger partial charge in [-0.05, 0) is 43.9 Å². The molecule has 2 saturated carbocycles. The fraction of sp³-hybridized carbons (Fsp3) is 0.889. The van der Waals surface area contributed by atoms with Crippen molar-refractivity contribution in [3.8, 4) is 6.07 Å². The van der Waals surface area contributed by atoms with E-state index >= 15 is 0 Å². The van der Waals surface area contributed by atoms with E-state index in [4.69, 9.17) is 10.00 Å². The topological polar surface area (TPSA) is 65.4 Å². The molecule has 6 unspecified atom stereocenters. The molecule has 0 aromatic heterocycles. The van der Waals surface area contributed by atoms with Crippen molar-refractivity contribution < 1.29 is 13.9 Å². The van der Waals surface area contributed by atoms with Crippen LogP contribution in [0.5, 0.6) is 0 Å². The van der Waals surface area contributed by atoms with Gasteiger partial charge in [-0.1, -0.05) is 6.92 Å². The number of carbonyl (C=O) groups excluding carboxylic acids is 1. The maximum absolute atomic E-state index is 13.5. The lowest BCUT2D eigenvalue weighted by atomic mass is 9.82. The molecule has 0 aromatic rings. The number of amides is 1. The molecule has 3 fully saturated rings. The SMILES string of the molecule is COC1CC2CC(C)(NCC(=O)N3CC(F)CC3C#N)CC2(C)C1. The standard InChI is InChI=1S/C18H28FN3O2/c1-17-7-15(24-3)4-12(17)6-18(2,11-17)21-9-16(23)22-10-13(19)5-14(22)8-20/h12-15,21H,4-7,9-11H2,1-3H3. The quantitative estimate of drug-likeness (QED) is 0.852. The van der Waals surface area contributed by atoms with E-state index in [-0.39, 0.29) is 36.4 Å². The highest BCUT2D eigenvalue weighted by Crippen LogP contribution is 2.57. The zero-order valence-electron chi connectivity index (χ0n) is 14.8. The van der Waals surface area contributed by atoms with E-state index in [1.165, 1.54) is 4.90 Å². The van der Waals surface area contributed by atoms with Crippen molar-refractivity contribution in [2.45, 2.75) is 69.8 Å². The van der Waals surface area contributed by atoms with Crippen LogP contribution in [0.3, 0.4) is 0 Å². The molecular formula is C18H28FN3O2. The highest BCUT2D eigenvalue weighted by Gasteiger charge is 2.54. The van der Waals surface area contributed by atoms with Crippen molar-refractivity contribution in [1.29, 1.82) is 5.26 Å². The van der Waals surface area contributed by atoms with Gasteiger partial charge in [-0.15, -0.1) is 0 Å². The molecule has 5 nitrogen and oxygen atoms in total. The van der Waals surface area contributed by atoms with Crippen molar-refractivity contribution in [3.05, 3.63) is 0 Å². The van der Waals surface area contributed by atoms with Gasteiger partial charge in [-0.25, -0.2) is 4.39 Å². The monoisotopic (exact) mass is 337 g/mol. The molecule has 2 aliphatic carbocycles. The Morgan fingerprint density at radius 1 is 1.42 bits per heavy atom. The highest BCUT2D eigenvalue weighted by molar-refractivity contribution is 5.79. The van der Waals surface area contributed by atoms with Gasteiger partial charge in [0.15, 0.2) is 0 Å². The summed E-state index contributed by atoms with van der Waals surface area (Å²) in [5.74, 6) is 0.448. The van der Waals surface area contributed by atoms with Gasteiger partial charge >= 0.3 is 0 Å². The Kier molecular flexibility index (Phi) is 4.61. The summed E-state index contributed by atoms with van der Waals surface area (Å²) in [6.07, 6.45) is 3.63. The molecule has 3 rings (SSSR count). The van der Waals surface area contributed by atoms with Gasteiger partial charge in [0, 0.05) is 19.1 Å². The first-order valence-corrected chi connectivity index (χ1v) is 8.89. The van der Waals surface area contributed by atoms with Gasteiger partial charge in [-0.3, -0.25) is 4.79 Å². The third kappa shape index (κ3) is 3.16. The molecule has 1 amide bonds. The summed E-state index contributed by atoms with van der Waals surface area (Å²) in [5, 5.41) is 12.5. The molecule has 0 bridgehead atoms. The summed E-state index contributed by atoms with van der Waals surface area (Å²) in [6.45, 7) is 4.73. The van der Waals surface area contributed by atoms with Crippen LogP contribution < -0.4 is 5.32 Å². The fourth-order valence-corrected chi connectivity index (χ4v) is 5.31. The van der Waals surface area contributed by atoms with Crippen molar-refractivity contribution in [1.82, 2.24) is 10.2 Å². The summed E-state index contributed by atoms with van der Waals surface area (Å²) in [5.41, 5.74) is 0.184. The number of ether oxygens (including phenoxy) is 1. The Bertz CT molecular complexity index is 551. The smallest absolute Gasteiger partial charge is 0.237 e. The first-order valence-electron chi connectivity index (χ1n) is 8.89. The Morgan fingerprint density at radius 2 is 2.17 bits per heavy atom. The highest BCUT2D eigenvalue weighted by atomic mass is 19.1. The van der Waals surface area contributed by atoms with Gasteiger partial charge in [-0.2, -0.15) is 5.26 Å². The summed E-state index contributed by atoms with van der Waals surface area (Å²) >= 11 is 0. The van der Waals surface area contributed by atoms with E-state index in [1.54, 1.807) is 7.11 Å². The van der Waals surface area contributed by atoms with Gasteiger partial charge in [0.25, 0.3) is 0 Å². The molecule has 1 N–H and O–H groups in total. The predicted octanol–water partition coefficient (Wildman–Crippen LogP) is 2.02. The van der Waals surface area contributed by atoms with Crippen LogP contribution in [0.4, 0.5) is 4.39 Å². The number of methoxy groups -OCH3 is 1. The lowest BCUT2D eigenvalue weighted by molar-refractivity contribution is -0.130. The number of rotatable bonds is 4. The molecule has 0 spiro atoms. The average Bonchev–Trinajstić information content (AvgIpc) is 3.12. The molecule has 1 aliphatic heterocycles. The summed E-state index contributed by atoms with van der Waals surface area (Å²) in [6, 6.07) is 1.42. The molecule has 24 heavy (non-hydrogen) atoms. The van der Waals surface area contributed by atoms with E-state index in [0.29, 0.717) is 12.0 Å². The van der Waals surface area contributed by atoms with Crippen LogP contribution in [0.2, 0.25) is 0 Å². The zero-order chi connectivity index (χ0) is 17.5. The number of nitrogens with zero attached hydrogens (tertiary/aromatic N) is 2. The molecule has 6 heteroatoms. The number of alkyl halides is 1. The van der Waals surface area contributed by atoms with Crippen LogP contribution in [0.15, 0.2) is 0 Å². The normalized spacial score (nSPS) is 44.5. The largest absolute Gasteiger partial charge is 0.381 e. The maximum Gasteiger partial charge on any atom is 0.237 e. The minimum absolute atomic E-state index is 0.0469. The summed E-state index contributed by atoms with van der Waals surface area (Å²) in [4.78, 5) is 13.8. The van der Waals surface area contributed by atoms with E-state index in [0.717, 1.165) is 25.7 Å². The van der Waals surface area contributed by atoms with E-state index < -0.39 is 12.2 Å². The number of carbonyl (C=O) groups is 1. The minimum Gasteiger partial charge on any atom is -0.381 e. The first-order chi connectivity index (χ1) is 11.3. The van der Waals surface area contributed by atoms with Crippen LogP contribution in [-0.4, -0.2) is 54.9 Å². The van der Waals surface area contributed by atoms with Crippen LogP contribution in [0, 0.1) is 22.7 Å². The number of fused-ring (bicyclic) bond motifs is 1. The number of hydrogen-bond donors (Lipinski definition) is 1. The van der Waals surface area contributed by atoms with Crippen LogP contribution in [0.1, 0.15) is 46.0 Å². The number of hydrogen-bond acceptors (Lipinski definition) is 4. The third-order valence-corrected chi connectivity index (χ3v) is 6.44. The molecule has 1 saturated heterocycles. The van der Waals surface area contributed by atoms with Crippen molar-refractivity contribution >= 4 is 5.91 Å². The van der Waals surface area contributed by atoms with Gasteiger partial charge in [0.1, 0.15) is 12.2 Å². The van der Waals surface area contributed by atoms with Crippen molar-refractivity contribution in [2.24, 2.45) is 11.3 Å². The Labute approximate surface area is 143 Å². The lowest BCUT2D eigenvalue weighted by Gasteiger charge is -2.31. The summed E-state index contributed by atoms with van der Waals surface area (Å²) < 4.78 is 19.0. The second-order valence-electron chi connectivity index (χ2n) is 8.47. The molecule has 1 heterocycles. The van der Waals surface area contributed by atoms with Crippen molar-refractivity contribution in [2.75, 3.05) is 20.2 Å². The molecular weight excluding hydrogens is 309 g/mol. The van der Waals surface area contributed by atoms with Gasteiger partial charge in [0.2, 0.25) is 5.91 Å². The first kappa shape index (κ1) is 17.6. The number of nitriles is 1. The Morgan fingerprint density at radius 3 is 2.79 bits per heavy atom. The summed E-state index contributed by atoms with van der Waals surface area (Å²) in [7, 11) is 1.78. The van der Waals surface area contributed by atoms with Gasteiger partial charge < -0.3 is 15.0 Å². The third-order valence-electron chi connectivity index (χ3n) is 6.44. The van der Waals surface area contributed by atoms with Crippen LogP contribution in [0.25, 0.3) is 0 Å². The molecule has 0 aromatic carbocycles. The van der Waals surface area contributed by atoms with Crippen LogP contribution >= 0.6 is 0 Å². The Hall–Kier alpha value is -1.19. The number of halogens is 1. The second kappa shape index (κ2) is 6.27. The molecule has 134 valence electrons. The fourth-order valence-electron chi connectivity index (χ4n) is 5.31. The zero-order valence-corrected chi connectivity index (χ0v) is 14.8. The minimum atomic E-state index is -1.08. The molecule has 3 aliphatic rings. The molecule has 6 atom stereocenters. The molecule has 0 radical (unpaired) electrons. The maximum atomic E-state index is 13.5. The second-order valence-corrected chi connectivity index (χ2v) is 8.47. The van der Waals surface area contributed by atoms with Gasteiger partial charge in [0.05, 0.1) is 25.3 Å². The number of nitrogens with one attached hydrogen (secondary N) is 1. The van der Waals surface area contributed by atoms with E-state index in [2.05, 4.69) is 19.2 Å². The van der Waals surface area contributed by atoms with E-state index in [9.17, 15) is 9.18 Å². The predicted molar refractivity (Wildman–Crippen MR) is 87.9 cm³/mol. The average molecular weight is 337 g/mol. The van der Waals surface area contributed by atoms with Crippen LogP contribution in [-0.2, 0) is 9.53 Å². The lowest BCUT2D eigenvalue weighted by Crippen LogP contribution is -2.48. The van der Waals surface area contributed by atoms with E-state index in [1.807, 2.05) is 6.07 Å².